The second kappa shape index (κ2) is 16.4. The van der Waals surface area contributed by atoms with Crippen LogP contribution in [0.4, 0.5) is 0 Å². The normalized spacial score (nSPS) is 25.6. The maximum Gasteiger partial charge on any atom is 0.268 e. The molecule has 2 atom stereocenters. The molecule has 0 N–H and O–H groups in total. The SMILES string of the molecule is CCCCCCCCCCCC1(CCCCCCOP(=O)([O-])OC2CC[N+](C)(C)CC2)OCC(C)(C)N1[O-]. The van der Waals surface area contributed by atoms with Gasteiger partial charge in [0, 0.05) is 18.4 Å². The van der Waals surface area contributed by atoms with E-state index in [1.54, 1.807) is 0 Å². The van der Waals surface area contributed by atoms with Crippen molar-refractivity contribution in [3.63, 3.8) is 0 Å². The van der Waals surface area contributed by atoms with Crippen molar-refractivity contribution in [1.29, 1.82) is 0 Å². The van der Waals surface area contributed by atoms with Crippen molar-refractivity contribution < 1.29 is 27.7 Å². The fourth-order valence-electron chi connectivity index (χ4n) is 5.76. The number of likely N-dealkylation sites (tertiary alicyclic amines) is 1. The number of piperidine rings is 1. The molecule has 0 aromatic heterocycles. The minimum atomic E-state index is -4.26. The summed E-state index contributed by atoms with van der Waals surface area (Å²) < 4.78 is 29.7. The first-order valence-corrected chi connectivity index (χ1v) is 16.9. The molecule has 0 aliphatic carbocycles. The van der Waals surface area contributed by atoms with Crippen molar-refractivity contribution in [1.82, 2.24) is 5.06 Å². The summed E-state index contributed by atoms with van der Waals surface area (Å²) in [7, 11) is 0.0369. The molecule has 2 aliphatic rings. The van der Waals surface area contributed by atoms with E-state index in [-0.39, 0.29) is 12.7 Å². The van der Waals surface area contributed by atoms with Crippen LogP contribution < -0.4 is 4.89 Å². The topological polar surface area (TPSA) is 94.1 Å². The van der Waals surface area contributed by atoms with Crippen LogP contribution in [0.2, 0.25) is 0 Å². The molecule has 9 heteroatoms. The van der Waals surface area contributed by atoms with Crippen molar-refractivity contribution in [2.24, 2.45) is 0 Å². The summed E-state index contributed by atoms with van der Waals surface area (Å²) in [6, 6.07) is 0. The number of phosphoric acid groups is 1. The first kappa shape index (κ1) is 34.2. The highest BCUT2D eigenvalue weighted by atomic mass is 31.2. The Balaban J connectivity index is 1.62. The zero-order valence-electron chi connectivity index (χ0n) is 25.2. The van der Waals surface area contributed by atoms with Gasteiger partial charge in [-0.15, -0.1) is 0 Å². The monoisotopic (exact) mass is 561 g/mol. The summed E-state index contributed by atoms with van der Waals surface area (Å²) in [5.74, 6) is 0. The maximum absolute atomic E-state index is 13.2. The van der Waals surface area contributed by atoms with Crippen LogP contribution in [0.3, 0.4) is 0 Å². The number of hydrogen-bond donors (Lipinski definition) is 0. The molecule has 2 saturated heterocycles. The fourth-order valence-corrected chi connectivity index (χ4v) is 6.75. The van der Waals surface area contributed by atoms with Crippen molar-refractivity contribution in [3.05, 3.63) is 5.21 Å². The highest BCUT2D eigenvalue weighted by Gasteiger charge is 2.45. The Labute approximate surface area is 233 Å². The van der Waals surface area contributed by atoms with E-state index < -0.39 is 19.1 Å². The smallest absolute Gasteiger partial charge is 0.268 e. The van der Waals surface area contributed by atoms with Crippen molar-refractivity contribution in [2.45, 2.75) is 147 Å². The van der Waals surface area contributed by atoms with Gasteiger partial charge in [0.15, 0.2) is 0 Å². The number of rotatable bonds is 20. The van der Waals surface area contributed by atoms with Crippen LogP contribution in [-0.2, 0) is 18.3 Å². The lowest BCUT2D eigenvalue weighted by molar-refractivity contribution is -0.896. The number of nitrogens with zero attached hydrogens (tertiary/aromatic N) is 2. The Morgan fingerprint density at radius 1 is 0.895 bits per heavy atom. The molecule has 0 bridgehead atoms. The van der Waals surface area contributed by atoms with Crippen LogP contribution in [-0.4, -0.2) is 67.3 Å². The number of quaternary nitrogens is 1. The van der Waals surface area contributed by atoms with Crippen LogP contribution in [0, 0.1) is 5.21 Å². The van der Waals surface area contributed by atoms with Gasteiger partial charge in [-0.05, 0) is 46.0 Å². The van der Waals surface area contributed by atoms with E-state index in [0.717, 1.165) is 75.4 Å². The van der Waals surface area contributed by atoms with Gasteiger partial charge in [-0.25, -0.2) is 0 Å². The highest BCUT2D eigenvalue weighted by molar-refractivity contribution is 7.45. The lowest BCUT2D eigenvalue weighted by Crippen LogP contribution is -2.48. The van der Waals surface area contributed by atoms with Crippen LogP contribution in [0.15, 0.2) is 0 Å². The molecule has 0 aromatic carbocycles. The number of phosphoric ester groups is 1. The Morgan fingerprint density at radius 2 is 1.39 bits per heavy atom. The van der Waals surface area contributed by atoms with Gasteiger partial charge in [0.05, 0.1) is 46.5 Å². The average molecular weight is 562 g/mol. The largest absolute Gasteiger partial charge is 0.783 e. The molecule has 0 amide bonds. The minimum Gasteiger partial charge on any atom is -0.783 e. The van der Waals surface area contributed by atoms with Gasteiger partial charge in [-0.3, -0.25) is 4.57 Å². The molecule has 2 heterocycles. The molecular weight excluding hydrogens is 503 g/mol. The zero-order chi connectivity index (χ0) is 28.1. The van der Waals surface area contributed by atoms with E-state index in [0.29, 0.717) is 13.0 Å². The predicted octanol–water partition coefficient (Wildman–Crippen LogP) is 6.90. The van der Waals surface area contributed by atoms with E-state index >= 15 is 0 Å². The molecule has 0 radical (unpaired) electrons. The van der Waals surface area contributed by atoms with Crippen LogP contribution in [0.1, 0.15) is 130 Å². The molecule has 2 aliphatic heterocycles. The Kier molecular flexibility index (Phi) is 14.7. The summed E-state index contributed by atoms with van der Waals surface area (Å²) >= 11 is 0. The van der Waals surface area contributed by atoms with Crippen molar-refractivity contribution in [3.8, 4) is 0 Å². The van der Waals surface area contributed by atoms with Crippen LogP contribution >= 0.6 is 7.82 Å². The molecule has 0 saturated carbocycles. The molecule has 2 fully saturated rings. The summed E-state index contributed by atoms with van der Waals surface area (Å²) in [4.78, 5) is 12.2. The summed E-state index contributed by atoms with van der Waals surface area (Å²) in [6.45, 7) is 8.61. The third-order valence-corrected chi connectivity index (χ3v) is 9.44. The standard InChI is InChI=1S/C29H59N2O6P/c1-6-7-8-9-10-11-12-13-16-21-29(30(32)28(2,3)26-35-29)22-17-14-15-18-25-36-38(33,34)37-27-19-23-31(4,5)24-20-27/h27H,6-26H2,1-5H3,(H,33,34)/p-1. The molecule has 2 unspecified atom stereocenters. The van der Waals surface area contributed by atoms with Crippen LogP contribution in [0.25, 0.3) is 0 Å². The number of ether oxygens (including phenoxy) is 1. The van der Waals surface area contributed by atoms with Gasteiger partial charge in [-0.2, -0.15) is 0 Å². The fraction of sp³-hybridized carbons (Fsp3) is 1.00. The van der Waals surface area contributed by atoms with Crippen molar-refractivity contribution in [2.75, 3.05) is 40.4 Å². The van der Waals surface area contributed by atoms with Gasteiger partial charge in [0.25, 0.3) is 7.82 Å². The van der Waals surface area contributed by atoms with Gasteiger partial charge in [-0.1, -0.05) is 71.1 Å². The molecule has 8 nitrogen and oxygen atoms in total. The Hall–Kier alpha value is -0.0500. The summed E-state index contributed by atoms with van der Waals surface area (Å²) in [5.41, 5.74) is -1.21. The van der Waals surface area contributed by atoms with Gasteiger partial charge >= 0.3 is 0 Å². The third kappa shape index (κ3) is 12.2. The molecule has 38 heavy (non-hydrogen) atoms. The van der Waals surface area contributed by atoms with Gasteiger partial charge in [0.1, 0.15) is 5.72 Å². The van der Waals surface area contributed by atoms with E-state index in [1.165, 1.54) is 50.0 Å². The minimum absolute atomic E-state index is 0.149. The number of hydroxylamine groups is 2. The second-order valence-electron chi connectivity index (χ2n) is 13.1. The van der Waals surface area contributed by atoms with E-state index in [9.17, 15) is 14.7 Å². The summed E-state index contributed by atoms with van der Waals surface area (Å²) in [6.07, 6.45) is 17.3. The maximum atomic E-state index is 13.2. The first-order valence-electron chi connectivity index (χ1n) is 15.5. The quantitative estimate of drug-likeness (QED) is 0.0906. The van der Waals surface area contributed by atoms with Crippen LogP contribution in [0.5, 0.6) is 0 Å². The predicted molar refractivity (Wildman–Crippen MR) is 152 cm³/mol. The second-order valence-corrected chi connectivity index (χ2v) is 14.4. The molecule has 2 rings (SSSR count). The Morgan fingerprint density at radius 3 is 1.89 bits per heavy atom. The van der Waals surface area contributed by atoms with Gasteiger partial charge < -0.3 is 33.4 Å². The highest BCUT2D eigenvalue weighted by Crippen LogP contribution is 2.43. The summed E-state index contributed by atoms with van der Waals surface area (Å²) in [5, 5.41) is 14.4. The number of unbranched alkanes of at least 4 members (excludes halogenated alkanes) is 11. The third-order valence-electron chi connectivity index (χ3n) is 8.39. The van der Waals surface area contributed by atoms with Crippen molar-refractivity contribution >= 4 is 7.82 Å². The van der Waals surface area contributed by atoms with Gasteiger partial charge in [0.2, 0.25) is 0 Å². The van der Waals surface area contributed by atoms with E-state index in [1.807, 2.05) is 13.8 Å². The van der Waals surface area contributed by atoms with E-state index in [2.05, 4.69) is 21.0 Å². The zero-order valence-corrected chi connectivity index (χ0v) is 26.1. The Bertz CT molecular complexity index is 697. The molecular formula is C29H58N2O6P-. The first-order chi connectivity index (χ1) is 17.9. The number of hydrogen-bond acceptors (Lipinski definition) is 7. The molecule has 0 spiro atoms. The lowest BCUT2D eigenvalue weighted by atomic mass is 9.95. The lowest BCUT2D eigenvalue weighted by Gasteiger charge is -2.48. The molecule has 0 aromatic rings. The molecule has 226 valence electrons. The van der Waals surface area contributed by atoms with E-state index in [4.69, 9.17) is 13.8 Å². The average Bonchev–Trinajstić information content (AvgIpc) is 3.08.